The van der Waals surface area contributed by atoms with Crippen LogP contribution in [-0.2, 0) is 11.3 Å². The molecule has 0 bridgehead atoms. The predicted molar refractivity (Wildman–Crippen MR) is 83.9 cm³/mol. The molecule has 0 aliphatic carbocycles. The van der Waals surface area contributed by atoms with Crippen LogP contribution in [-0.4, -0.2) is 29.9 Å². The maximum absolute atomic E-state index is 12.1. The predicted octanol–water partition coefficient (Wildman–Crippen LogP) is 2.96. The van der Waals surface area contributed by atoms with Crippen LogP contribution in [0.15, 0.2) is 16.5 Å². The number of amides is 1. The van der Waals surface area contributed by atoms with Crippen LogP contribution in [0.4, 0.5) is 0 Å². The number of piperidine rings is 1. The van der Waals surface area contributed by atoms with Crippen molar-refractivity contribution in [1.29, 1.82) is 0 Å². The van der Waals surface area contributed by atoms with Gasteiger partial charge < -0.3 is 14.6 Å². The van der Waals surface area contributed by atoms with E-state index in [9.17, 15) is 4.79 Å². The van der Waals surface area contributed by atoms with Crippen LogP contribution in [0, 0.1) is 18.8 Å². The Morgan fingerprint density at radius 2 is 2.24 bits per heavy atom. The Hall–Kier alpha value is -1.29. The van der Waals surface area contributed by atoms with Gasteiger partial charge in [-0.2, -0.15) is 0 Å². The van der Waals surface area contributed by atoms with E-state index in [0.717, 1.165) is 44.0 Å². The summed E-state index contributed by atoms with van der Waals surface area (Å²) < 4.78 is 5.61. The molecule has 1 aliphatic heterocycles. The molecule has 118 valence electrons. The summed E-state index contributed by atoms with van der Waals surface area (Å²) in [5.41, 5.74) is 0. The highest BCUT2D eigenvalue weighted by atomic mass is 16.3. The molecular weight excluding hydrogens is 264 g/mol. The highest BCUT2D eigenvalue weighted by molar-refractivity contribution is 5.78. The Kier molecular flexibility index (Phi) is 5.45. The molecule has 1 N–H and O–H groups in total. The molecule has 1 saturated heterocycles. The number of rotatable bonds is 5. The van der Waals surface area contributed by atoms with E-state index < -0.39 is 0 Å². The maximum Gasteiger partial charge on any atom is 0.225 e. The zero-order chi connectivity index (χ0) is 15.4. The van der Waals surface area contributed by atoms with Crippen molar-refractivity contribution in [1.82, 2.24) is 10.2 Å². The SMILES string of the molecule is CC[C@H]1CN(C(=O)C(C)C)CC[C@H]1NCc1ccc(C)o1. The van der Waals surface area contributed by atoms with Crippen molar-refractivity contribution in [3.63, 3.8) is 0 Å². The van der Waals surface area contributed by atoms with Crippen LogP contribution >= 0.6 is 0 Å². The first kappa shape index (κ1) is 16.1. The Morgan fingerprint density at radius 3 is 2.81 bits per heavy atom. The summed E-state index contributed by atoms with van der Waals surface area (Å²) in [7, 11) is 0. The fourth-order valence-electron chi connectivity index (χ4n) is 3.09. The van der Waals surface area contributed by atoms with Crippen molar-refractivity contribution in [3.05, 3.63) is 23.7 Å². The fraction of sp³-hybridized carbons (Fsp3) is 0.706. The van der Waals surface area contributed by atoms with Gasteiger partial charge in [0.15, 0.2) is 0 Å². The molecule has 2 heterocycles. The lowest BCUT2D eigenvalue weighted by molar-refractivity contribution is -0.136. The van der Waals surface area contributed by atoms with Gasteiger partial charge in [-0.3, -0.25) is 4.79 Å². The lowest BCUT2D eigenvalue weighted by atomic mass is 9.89. The van der Waals surface area contributed by atoms with Crippen LogP contribution in [0.5, 0.6) is 0 Å². The Labute approximate surface area is 127 Å². The number of nitrogens with zero attached hydrogens (tertiary/aromatic N) is 1. The summed E-state index contributed by atoms with van der Waals surface area (Å²) in [6.07, 6.45) is 2.12. The zero-order valence-corrected chi connectivity index (χ0v) is 13.7. The van der Waals surface area contributed by atoms with Crippen LogP contribution < -0.4 is 5.32 Å². The standard InChI is InChI=1S/C17H28N2O2/c1-5-14-11-19(17(20)12(2)3)9-8-16(14)18-10-15-7-6-13(4)21-15/h6-7,12,14,16,18H,5,8-11H2,1-4H3/t14-,16+/m0/s1. The second kappa shape index (κ2) is 7.12. The molecule has 1 amide bonds. The smallest absolute Gasteiger partial charge is 0.225 e. The van der Waals surface area contributed by atoms with Gasteiger partial charge in [-0.25, -0.2) is 0 Å². The highest BCUT2D eigenvalue weighted by Crippen LogP contribution is 2.22. The van der Waals surface area contributed by atoms with E-state index >= 15 is 0 Å². The van der Waals surface area contributed by atoms with Gasteiger partial charge in [-0.05, 0) is 31.4 Å². The van der Waals surface area contributed by atoms with Gasteiger partial charge in [-0.15, -0.1) is 0 Å². The number of carbonyl (C=O) groups excluding carboxylic acids is 1. The molecule has 0 saturated carbocycles. The van der Waals surface area contributed by atoms with Gasteiger partial charge in [0.2, 0.25) is 5.91 Å². The molecule has 0 aromatic carbocycles. The number of nitrogens with one attached hydrogen (secondary N) is 1. The largest absolute Gasteiger partial charge is 0.465 e. The van der Waals surface area contributed by atoms with E-state index in [1.54, 1.807) is 0 Å². The molecule has 1 aliphatic rings. The zero-order valence-electron chi connectivity index (χ0n) is 13.7. The second-order valence-corrected chi connectivity index (χ2v) is 6.40. The molecule has 0 unspecified atom stereocenters. The number of hydrogen-bond acceptors (Lipinski definition) is 3. The van der Waals surface area contributed by atoms with E-state index in [-0.39, 0.29) is 11.8 Å². The fourth-order valence-corrected chi connectivity index (χ4v) is 3.09. The average molecular weight is 292 g/mol. The number of likely N-dealkylation sites (tertiary alicyclic amines) is 1. The summed E-state index contributed by atoms with van der Waals surface area (Å²) in [6, 6.07) is 4.50. The average Bonchev–Trinajstić information content (AvgIpc) is 2.89. The molecule has 2 rings (SSSR count). The molecule has 4 nitrogen and oxygen atoms in total. The van der Waals surface area contributed by atoms with E-state index in [1.165, 1.54) is 0 Å². The Bertz CT molecular complexity index is 467. The van der Waals surface area contributed by atoms with Crippen molar-refractivity contribution >= 4 is 5.91 Å². The number of aryl methyl sites for hydroxylation is 1. The van der Waals surface area contributed by atoms with E-state index in [0.29, 0.717) is 12.0 Å². The lowest BCUT2D eigenvalue weighted by Gasteiger charge is -2.39. The monoisotopic (exact) mass is 292 g/mol. The number of carbonyl (C=O) groups is 1. The molecule has 0 spiro atoms. The van der Waals surface area contributed by atoms with Crippen LogP contribution in [0.1, 0.15) is 45.1 Å². The molecule has 1 aromatic heterocycles. The van der Waals surface area contributed by atoms with Gasteiger partial charge in [0.05, 0.1) is 6.54 Å². The molecule has 0 radical (unpaired) electrons. The molecular formula is C17H28N2O2. The summed E-state index contributed by atoms with van der Waals surface area (Å²) in [4.78, 5) is 14.2. The second-order valence-electron chi connectivity index (χ2n) is 6.40. The third kappa shape index (κ3) is 4.10. The maximum atomic E-state index is 12.1. The lowest BCUT2D eigenvalue weighted by Crippen LogP contribution is -2.51. The van der Waals surface area contributed by atoms with Crippen LogP contribution in [0.2, 0.25) is 0 Å². The molecule has 2 atom stereocenters. The van der Waals surface area contributed by atoms with Gasteiger partial charge in [0.1, 0.15) is 11.5 Å². The minimum atomic E-state index is 0.0955. The third-order valence-corrected chi connectivity index (χ3v) is 4.40. The van der Waals surface area contributed by atoms with Crippen molar-refractivity contribution in [2.45, 2.75) is 53.1 Å². The highest BCUT2D eigenvalue weighted by Gasteiger charge is 2.30. The number of hydrogen-bond donors (Lipinski definition) is 1. The summed E-state index contributed by atoms with van der Waals surface area (Å²) in [6.45, 7) is 10.6. The van der Waals surface area contributed by atoms with Gasteiger partial charge in [0.25, 0.3) is 0 Å². The summed E-state index contributed by atoms with van der Waals surface area (Å²) >= 11 is 0. The van der Waals surface area contributed by atoms with E-state index in [4.69, 9.17) is 4.42 Å². The minimum Gasteiger partial charge on any atom is -0.465 e. The van der Waals surface area contributed by atoms with Gasteiger partial charge in [-0.1, -0.05) is 27.2 Å². The van der Waals surface area contributed by atoms with Gasteiger partial charge in [0, 0.05) is 25.0 Å². The topological polar surface area (TPSA) is 45.5 Å². The van der Waals surface area contributed by atoms with Crippen molar-refractivity contribution in [2.24, 2.45) is 11.8 Å². The first-order chi connectivity index (χ1) is 10.0. The van der Waals surface area contributed by atoms with Crippen molar-refractivity contribution in [2.75, 3.05) is 13.1 Å². The molecule has 1 fully saturated rings. The normalized spacial score (nSPS) is 22.8. The minimum absolute atomic E-state index is 0.0955. The Balaban J connectivity index is 1.88. The third-order valence-electron chi connectivity index (χ3n) is 4.40. The summed E-state index contributed by atoms with van der Waals surface area (Å²) in [5, 5.41) is 3.61. The van der Waals surface area contributed by atoms with Crippen molar-refractivity contribution < 1.29 is 9.21 Å². The van der Waals surface area contributed by atoms with Gasteiger partial charge >= 0.3 is 0 Å². The molecule has 1 aromatic rings. The van der Waals surface area contributed by atoms with E-state index in [1.807, 2.05) is 37.8 Å². The Morgan fingerprint density at radius 1 is 1.48 bits per heavy atom. The van der Waals surface area contributed by atoms with Crippen molar-refractivity contribution in [3.8, 4) is 0 Å². The van der Waals surface area contributed by atoms with Crippen LogP contribution in [0.3, 0.4) is 0 Å². The molecule has 21 heavy (non-hydrogen) atoms. The van der Waals surface area contributed by atoms with Crippen LogP contribution in [0.25, 0.3) is 0 Å². The first-order valence-corrected chi connectivity index (χ1v) is 8.08. The molecule has 4 heteroatoms. The summed E-state index contributed by atoms with van der Waals surface area (Å²) in [5.74, 6) is 2.85. The van der Waals surface area contributed by atoms with E-state index in [2.05, 4.69) is 12.2 Å². The first-order valence-electron chi connectivity index (χ1n) is 8.08. The number of furan rings is 1. The quantitative estimate of drug-likeness (QED) is 0.907.